The number of cyclic esters (lactones) is 4. The van der Waals surface area contributed by atoms with Gasteiger partial charge in [0.1, 0.15) is 0 Å². The zero-order chi connectivity index (χ0) is 21.7. The van der Waals surface area contributed by atoms with Crippen molar-refractivity contribution in [3.63, 3.8) is 0 Å². The van der Waals surface area contributed by atoms with Crippen LogP contribution in [0.3, 0.4) is 0 Å². The highest BCUT2D eigenvalue weighted by Gasteiger charge is 2.31. The smallest absolute Gasteiger partial charge is 0.346 e. The number of rotatable bonds is 0. The molecule has 4 aromatic carbocycles. The first-order valence-electron chi connectivity index (χ1n) is 10.2. The van der Waals surface area contributed by atoms with Crippen molar-refractivity contribution in [1.29, 1.82) is 0 Å². The van der Waals surface area contributed by atoms with E-state index < -0.39 is 23.9 Å². The Hall–Kier alpha value is -4.32. The second-order valence-electron chi connectivity index (χ2n) is 8.44. The molecule has 1 aliphatic carbocycles. The fourth-order valence-electron chi connectivity index (χ4n) is 5.02. The lowest BCUT2D eigenvalue weighted by Crippen LogP contribution is -2.08. The largest absolute Gasteiger partial charge is 0.386 e. The van der Waals surface area contributed by atoms with Crippen molar-refractivity contribution in [3.8, 4) is 0 Å². The summed E-state index contributed by atoms with van der Waals surface area (Å²) >= 11 is 0. The summed E-state index contributed by atoms with van der Waals surface area (Å²) in [6.45, 7) is 0. The van der Waals surface area contributed by atoms with Gasteiger partial charge >= 0.3 is 23.9 Å². The van der Waals surface area contributed by atoms with E-state index in [0.717, 1.165) is 43.8 Å². The summed E-state index contributed by atoms with van der Waals surface area (Å²) in [5.74, 6) is -2.42. The SMILES string of the molecule is O=C1OC(=O)c2cc3cc4c(cc3cc21)Cc1cc2cc3c(cc2cc1C4)C(=O)OC3=O. The van der Waals surface area contributed by atoms with Crippen LogP contribution >= 0.6 is 0 Å². The molecular formula is C26H12O6. The van der Waals surface area contributed by atoms with Gasteiger partial charge in [-0.2, -0.15) is 0 Å². The molecule has 4 aromatic rings. The minimum absolute atomic E-state index is 0.306. The lowest BCUT2D eigenvalue weighted by atomic mass is 9.82. The van der Waals surface area contributed by atoms with Gasteiger partial charge in [0.05, 0.1) is 22.3 Å². The van der Waals surface area contributed by atoms with Crippen molar-refractivity contribution < 1.29 is 28.7 Å². The quantitative estimate of drug-likeness (QED) is 0.277. The molecule has 6 heteroatoms. The number of carbonyl (C=O) groups excluding carboxylic acids is 4. The van der Waals surface area contributed by atoms with Gasteiger partial charge in [0.15, 0.2) is 0 Å². The monoisotopic (exact) mass is 420 g/mol. The Labute approximate surface area is 180 Å². The van der Waals surface area contributed by atoms with Crippen LogP contribution in [0.1, 0.15) is 63.7 Å². The summed E-state index contributed by atoms with van der Waals surface area (Å²) in [4.78, 5) is 47.7. The van der Waals surface area contributed by atoms with Gasteiger partial charge in [-0.1, -0.05) is 24.3 Å². The van der Waals surface area contributed by atoms with Gasteiger partial charge in [-0.05, 0) is 80.9 Å². The van der Waals surface area contributed by atoms with Crippen molar-refractivity contribution in [3.05, 3.63) is 93.0 Å². The maximum atomic E-state index is 11.9. The number of hydrogen-bond acceptors (Lipinski definition) is 6. The van der Waals surface area contributed by atoms with E-state index in [4.69, 9.17) is 9.47 Å². The number of benzene rings is 4. The summed E-state index contributed by atoms with van der Waals surface area (Å²) in [6, 6.07) is 15.1. The summed E-state index contributed by atoms with van der Waals surface area (Å²) in [5.41, 5.74) is 5.82. The van der Waals surface area contributed by atoms with Gasteiger partial charge in [0, 0.05) is 0 Å². The summed E-state index contributed by atoms with van der Waals surface area (Å²) in [5, 5.41) is 3.55. The van der Waals surface area contributed by atoms with Crippen LogP contribution in [0.25, 0.3) is 21.5 Å². The van der Waals surface area contributed by atoms with E-state index in [1.54, 1.807) is 24.3 Å². The predicted octanol–water partition coefficient (Wildman–Crippen LogP) is 4.11. The predicted molar refractivity (Wildman–Crippen MR) is 113 cm³/mol. The van der Waals surface area contributed by atoms with E-state index in [1.165, 1.54) is 0 Å². The number of esters is 4. The van der Waals surface area contributed by atoms with Crippen LogP contribution < -0.4 is 0 Å². The van der Waals surface area contributed by atoms with Crippen molar-refractivity contribution in [2.24, 2.45) is 0 Å². The third-order valence-electron chi connectivity index (χ3n) is 6.60. The summed E-state index contributed by atoms with van der Waals surface area (Å²) < 4.78 is 9.47. The van der Waals surface area contributed by atoms with Crippen molar-refractivity contribution in [2.75, 3.05) is 0 Å². The molecule has 7 rings (SSSR count). The van der Waals surface area contributed by atoms with Gasteiger partial charge in [0.25, 0.3) is 0 Å². The van der Waals surface area contributed by atoms with Gasteiger partial charge in [-0.25, -0.2) is 19.2 Å². The Morgan fingerprint density at radius 1 is 0.406 bits per heavy atom. The van der Waals surface area contributed by atoms with E-state index >= 15 is 0 Å². The lowest BCUT2D eigenvalue weighted by molar-refractivity contribution is 0.0425. The van der Waals surface area contributed by atoms with Crippen LogP contribution in [0.2, 0.25) is 0 Å². The first kappa shape index (κ1) is 17.4. The Balaban J connectivity index is 1.37. The van der Waals surface area contributed by atoms with E-state index in [-0.39, 0.29) is 0 Å². The second kappa shape index (κ2) is 5.68. The van der Waals surface area contributed by atoms with Crippen LogP contribution in [0.4, 0.5) is 0 Å². The molecule has 0 unspecified atom stereocenters. The molecule has 0 fully saturated rings. The van der Waals surface area contributed by atoms with Gasteiger partial charge < -0.3 is 9.47 Å². The standard InChI is InChI=1S/C26H12O6/c27-23-19-7-15-3-11-1-12-4-16-8-20-22(26(30)32-24(20)28)10-18(16)6-14(12)2-13(11)5-17(15)9-21(19)25(29)31-23/h3-10H,1-2H2. The van der Waals surface area contributed by atoms with E-state index in [1.807, 2.05) is 0 Å². The van der Waals surface area contributed by atoms with E-state index in [2.05, 4.69) is 24.3 Å². The Morgan fingerprint density at radius 2 is 0.656 bits per heavy atom. The second-order valence-corrected chi connectivity index (χ2v) is 8.44. The van der Waals surface area contributed by atoms with Crippen LogP contribution in [-0.4, -0.2) is 23.9 Å². The number of ether oxygens (including phenoxy) is 2. The van der Waals surface area contributed by atoms with Gasteiger partial charge in [-0.15, -0.1) is 0 Å². The number of hydrogen-bond donors (Lipinski definition) is 0. The molecule has 0 saturated heterocycles. The fraction of sp³-hybridized carbons (Fsp3) is 0.0769. The molecule has 3 aliphatic rings. The minimum atomic E-state index is -0.606. The number of fused-ring (bicyclic) bond motifs is 6. The Kier molecular flexibility index (Phi) is 3.08. The normalized spacial score (nSPS) is 16.0. The molecule has 6 nitrogen and oxygen atoms in total. The van der Waals surface area contributed by atoms with E-state index in [9.17, 15) is 19.2 Å². The zero-order valence-corrected chi connectivity index (χ0v) is 16.5. The number of carbonyl (C=O) groups is 4. The molecule has 0 atom stereocenters. The first-order valence-corrected chi connectivity index (χ1v) is 10.2. The molecule has 0 N–H and O–H groups in total. The molecule has 0 amide bonds. The molecule has 0 aromatic heterocycles. The topological polar surface area (TPSA) is 86.7 Å². The van der Waals surface area contributed by atoms with Crippen molar-refractivity contribution in [1.82, 2.24) is 0 Å². The van der Waals surface area contributed by atoms with Crippen molar-refractivity contribution >= 4 is 45.4 Å². The third-order valence-corrected chi connectivity index (χ3v) is 6.60. The highest BCUT2D eigenvalue weighted by molar-refractivity contribution is 6.18. The molecule has 32 heavy (non-hydrogen) atoms. The van der Waals surface area contributed by atoms with Crippen LogP contribution in [-0.2, 0) is 22.3 Å². The van der Waals surface area contributed by atoms with Gasteiger partial charge in [0.2, 0.25) is 0 Å². The fourth-order valence-corrected chi connectivity index (χ4v) is 5.02. The third kappa shape index (κ3) is 2.23. The molecule has 2 aliphatic heterocycles. The van der Waals surface area contributed by atoms with E-state index in [0.29, 0.717) is 35.1 Å². The Morgan fingerprint density at radius 3 is 0.906 bits per heavy atom. The lowest BCUT2D eigenvalue weighted by Gasteiger charge is -2.21. The zero-order valence-electron chi connectivity index (χ0n) is 16.5. The first-order chi connectivity index (χ1) is 15.4. The van der Waals surface area contributed by atoms with Crippen LogP contribution in [0.5, 0.6) is 0 Å². The molecule has 0 bridgehead atoms. The van der Waals surface area contributed by atoms with Crippen molar-refractivity contribution in [2.45, 2.75) is 12.8 Å². The highest BCUT2D eigenvalue weighted by atomic mass is 16.6. The molecule has 0 radical (unpaired) electrons. The van der Waals surface area contributed by atoms with Gasteiger partial charge in [-0.3, -0.25) is 0 Å². The molecule has 0 saturated carbocycles. The maximum Gasteiger partial charge on any atom is 0.346 e. The van der Waals surface area contributed by atoms with Crippen LogP contribution in [0, 0.1) is 0 Å². The molecule has 2 heterocycles. The Bertz CT molecular complexity index is 1400. The average molecular weight is 420 g/mol. The average Bonchev–Trinajstić information content (AvgIpc) is 3.20. The van der Waals surface area contributed by atoms with Crippen LogP contribution in [0.15, 0.2) is 48.5 Å². The summed E-state index contributed by atoms with van der Waals surface area (Å²) in [6.07, 6.45) is 1.41. The molecule has 0 spiro atoms. The molecule has 152 valence electrons. The minimum Gasteiger partial charge on any atom is -0.386 e. The molecular weight excluding hydrogens is 408 g/mol. The maximum absolute atomic E-state index is 11.9. The summed E-state index contributed by atoms with van der Waals surface area (Å²) in [7, 11) is 0. The highest BCUT2D eigenvalue weighted by Crippen LogP contribution is 2.36.